The minimum absolute atomic E-state index is 0.461. The zero-order valence-electron chi connectivity index (χ0n) is 19.2. The molecule has 5 rings (SSSR count). The molecule has 0 radical (unpaired) electrons. The summed E-state index contributed by atoms with van der Waals surface area (Å²) in [5.74, 6) is 5.64. The van der Waals surface area contributed by atoms with E-state index in [1.165, 1.54) is 64.2 Å². The van der Waals surface area contributed by atoms with Crippen molar-refractivity contribution in [2.75, 3.05) is 0 Å². The van der Waals surface area contributed by atoms with E-state index >= 15 is 0 Å². The standard InChI is InChI=1S/C27H44O/c1-17(2)7-6-8-18(3)21-11-12-22-20-10-9-19-15-24-25(28-24)16-27(19,5)23(20)13-14-26(21,22)4/h9,17-18,20-25H,6-8,10-16H2,1-5H3/t18-,20+,21-,22+,23+,24-,25?,26-,27+/m1/s1. The average molecular weight is 385 g/mol. The molecular formula is C27H44O. The van der Waals surface area contributed by atoms with Crippen molar-refractivity contribution in [1.29, 1.82) is 0 Å². The average Bonchev–Trinajstić information content (AvgIpc) is 3.27. The summed E-state index contributed by atoms with van der Waals surface area (Å²) >= 11 is 0. The Bertz CT molecular complexity index is 634. The van der Waals surface area contributed by atoms with Gasteiger partial charge in [0.05, 0.1) is 12.2 Å². The summed E-state index contributed by atoms with van der Waals surface area (Å²) in [6, 6.07) is 0. The van der Waals surface area contributed by atoms with Gasteiger partial charge in [0.1, 0.15) is 0 Å². The van der Waals surface area contributed by atoms with Crippen LogP contribution in [0.15, 0.2) is 11.6 Å². The van der Waals surface area contributed by atoms with Gasteiger partial charge in [-0.05, 0) is 91.3 Å². The fourth-order valence-corrected chi connectivity index (χ4v) is 8.95. The zero-order chi connectivity index (χ0) is 19.7. The molecule has 5 aliphatic rings. The first-order valence-corrected chi connectivity index (χ1v) is 12.7. The molecule has 0 aromatic carbocycles. The minimum atomic E-state index is 0.461. The number of hydrogen-bond acceptors (Lipinski definition) is 1. The Morgan fingerprint density at radius 3 is 2.64 bits per heavy atom. The second-order valence-electron chi connectivity index (χ2n) is 12.4. The third-order valence-electron chi connectivity index (χ3n) is 10.6. The third kappa shape index (κ3) is 2.97. The van der Waals surface area contributed by atoms with Crippen molar-refractivity contribution in [2.24, 2.45) is 46.3 Å². The summed E-state index contributed by atoms with van der Waals surface area (Å²) in [6.07, 6.45) is 18.2. The molecule has 28 heavy (non-hydrogen) atoms. The molecule has 3 saturated carbocycles. The number of rotatable bonds is 5. The van der Waals surface area contributed by atoms with Crippen molar-refractivity contribution < 1.29 is 4.74 Å². The topological polar surface area (TPSA) is 12.5 Å². The van der Waals surface area contributed by atoms with Crippen LogP contribution in [0.4, 0.5) is 0 Å². The lowest BCUT2D eigenvalue weighted by molar-refractivity contribution is -0.0489. The lowest BCUT2D eigenvalue weighted by Gasteiger charge is -2.57. The van der Waals surface area contributed by atoms with E-state index in [9.17, 15) is 0 Å². The Morgan fingerprint density at radius 2 is 1.86 bits per heavy atom. The predicted molar refractivity (Wildman–Crippen MR) is 117 cm³/mol. The molecule has 1 saturated heterocycles. The van der Waals surface area contributed by atoms with E-state index < -0.39 is 0 Å². The molecular weight excluding hydrogens is 340 g/mol. The normalized spacial score (nSPS) is 50.3. The highest BCUT2D eigenvalue weighted by Crippen LogP contribution is 2.68. The fraction of sp³-hybridized carbons (Fsp3) is 0.926. The quantitative estimate of drug-likeness (QED) is 0.355. The third-order valence-corrected chi connectivity index (χ3v) is 10.6. The van der Waals surface area contributed by atoms with Crippen LogP contribution in [-0.2, 0) is 4.74 Å². The second kappa shape index (κ2) is 6.86. The van der Waals surface area contributed by atoms with Crippen molar-refractivity contribution in [1.82, 2.24) is 0 Å². The van der Waals surface area contributed by atoms with Crippen LogP contribution in [0.1, 0.15) is 98.8 Å². The molecule has 9 atom stereocenters. The first-order chi connectivity index (χ1) is 13.3. The van der Waals surface area contributed by atoms with Gasteiger partial charge in [0.25, 0.3) is 0 Å². The molecule has 1 aliphatic heterocycles. The first-order valence-electron chi connectivity index (χ1n) is 12.7. The predicted octanol–water partition coefficient (Wildman–Crippen LogP) is 7.41. The van der Waals surface area contributed by atoms with E-state index in [4.69, 9.17) is 4.74 Å². The lowest BCUT2D eigenvalue weighted by atomic mass is 9.47. The largest absolute Gasteiger partial charge is 0.369 e. The summed E-state index contributed by atoms with van der Waals surface area (Å²) in [6.45, 7) is 12.7. The van der Waals surface area contributed by atoms with Crippen LogP contribution in [-0.4, -0.2) is 12.2 Å². The van der Waals surface area contributed by atoms with Crippen molar-refractivity contribution >= 4 is 0 Å². The Balaban J connectivity index is 1.32. The van der Waals surface area contributed by atoms with Crippen molar-refractivity contribution in [3.8, 4) is 0 Å². The highest BCUT2D eigenvalue weighted by atomic mass is 16.6. The van der Waals surface area contributed by atoms with Crippen LogP contribution in [0.25, 0.3) is 0 Å². The molecule has 1 unspecified atom stereocenters. The van der Waals surface area contributed by atoms with Gasteiger partial charge in [0, 0.05) is 0 Å². The Morgan fingerprint density at radius 1 is 1.04 bits per heavy atom. The van der Waals surface area contributed by atoms with Crippen LogP contribution < -0.4 is 0 Å². The van der Waals surface area contributed by atoms with Crippen LogP contribution in [0.5, 0.6) is 0 Å². The maximum absolute atomic E-state index is 5.98. The molecule has 1 nitrogen and oxygen atoms in total. The highest BCUT2D eigenvalue weighted by molar-refractivity contribution is 5.28. The van der Waals surface area contributed by atoms with E-state index in [1.807, 2.05) is 0 Å². The van der Waals surface area contributed by atoms with E-state index in [-0.39, 0.29) is 0 Å². The van der Waals surface area contributed by atoms with Gasteiger partial charge in [0.2, 0.25) is 0 Å². The summed E-state index contributed by atoms with van der Waals surface area (Å²) in [5.41, 5.74) is 2.86. The molecule has 0 aromatic heterocycles. The van der Waals surface area contributed by atoms with E-state index in [0.717, 1.165) is 35.5 Å². The van der Waals surface area contributed by atoms with Gasteiger partial charge in [0.15, 0.2) is 0 Å². The lowest BCUT2D eigenvalue weighted by Crippen LogP contribution is -2.50. The Hall–Kier alpha value is -0.300. The van der Waals surface area contributed by atoms with Gasteiger partial charge >= 0.3 is 0 Å². The maximum atomic E-state index is 5.98. The monoisotopic (exact) mass is 384 g/mol. The number of allylic oxidation sites excluding steroid dienone is 1. The number of epoxide rings is 1. The summed E-state index contributed by atoms with van der Waals surface area (Å²) in [7, 11) is 0. The number of fused-ring (bicyclic) bond motifs is 6. The van der Waals surface area contributed by atoms with Crippen LogP contribution in [0, 0.1) is 46.3 Å². The van der Waals surface area contributed by atoms with Gasteiger partial charge in [-0.2, -0.15) is 0 Å². The molecule has 0 N–H and O–H groups in total. The van der Waals surface area contributed by atoms with Gasteiger partial charge in [-0.15, -0.1) is 0 Å². The molecule has 4 fully saturated rings. The molecule has 4 aliphatic carbocycles. The molecule has 158 valence electrons. The number of ether oxygens (including phenoxy) is 1. The van der Waals surface area contributed by atoms with Crippen molar-refractivity contribution in [2.45, 2.75) is 111 Å². The Kier molecular flexibility index (Phi) is 4.81. The van der Waals surface area contributed by atoms with Gasteiger partial charge in [-0.25, -0.2) is 0 Å². The second-order valence-corrected chi connectivity index (χ2v) is 12.4. The Labute approximate surface area is 174 Å². The molecule has 0 aromatic rings. The van der Waals surface area contributed by atoms with Crippen LogP contribution >= 0.6 is 0 Å². The van der Waals surface area contributed by atoms with E-state index in [1.54, 1.807) is 5.57 Å². The molecule has 0 spiro atoms. The fourth-order valence-electron chi connectivity index (χ4n) is 8.95. The molecule has 0 amide bonds. The smallest absolute Gasteiger partial charge is 0.0879 e. The summed E-state index contributed by atoms with van der Waals surface area (Å²) in [5, 5.41) is 0. The zero-order valence-corrected chi connectivity index (χ0v) is 19.2. The highest BCUT2D eigenvalue weighted by Gasteiger charge is 2.61. The molecule has 1 heteroatoms. The van der Waals surface area contributed by atoms with Crippen molar-refractivity contribution in [3.63, 3.8) is 0 Å². The van der Waals surface area contributed by atoms with Gasteiger partial charge in [-0.3, -0.25) is 0 Å². The van der Waals surface area contributed by atoms with Gasteiger partial charge < -0.3 is 4.74 Å². The van der Waals surface area contributed by atoms with Crippen LogP contribution in [0.3, 0.4) is 0 Å². The van der Waals surface area contributed by atoms with Gasteiger partial charge in [-0.1, -0.05) is 65.5 Å². The minimum Gasteiger partial charge on any atom is -0.369 e. The number of hydrogen-bond donors (Lipinski definition) is 0. The van der Waals surface area contributed by atoms with E-state index in [2.05, 4.69) is 40.7 Å². The molecule has 0 bridgehead atoms. The summed E-state index contributed by atoms with van der Waals surface area (Å²) in [4.78, 5) is 0. The summed E-state index contributed by atoms with van der Waals surface area (Å²) < 4.78 is 5.98. The maximum Gasteiger partial charge on any atom is 0.0879 e. The van der Waals surface area contributed by atoms with E-state index in [0.29, 0.717) is 23.0 Å². The molecule has 1 heterocycles. The SMILES string of the molecule is CC(C)CCC[C@@H](C)[C@H]1CC[C@H]2[C@@H]3CC=C4C[C@H]5OC5C[C@]4(C)[C@H]3CC[C@]12C. The van der Waals surface area contributed by atoms with Crippen LogP contribution in [0.2, 0.25) is 0 Å². The van der Waals surface area contributed by atoms with Crippen molar-refractivity contribution in [3.05, 3.63) is 11.6 Å². The first kappa shape index (κ1) is 19.7.